The molecule has 2 heterocycles. The van der Waals surface area contributed by atoms with Gasteiger partial charge in [0.15, 0.2) is 11.5 Å². The van der Waals surface area contributed by atoms with Crippen LogP contribution in [0.5, 0.6) is 0 Å². The van der Waals surface area contributed by atoms with Crippen LogP contribution in [-0.4, -0.2) is 68.6 Å². The lowest BCUT2D eigenvalue weighted by Gasteiger charge is -2.21. The van der Waals surface area contributed by atoms with E-state index in [1.165, 1.54) is 160 Å². The summed E-state index contributed by atoms with van der Waals surface area (Å²) in [5, 5.41) is 0. The highest BCUT2D eigenvalue weighted by atomic mass is 31.2. The van der Waals surface area contributed by atoms with Crippen molar-refractivity contribution < 1.29 is 37.8 Å². The topological polar surface area (TPSA) is 178 Å². The van der Waals surface area contributed by atoms with Crippen LogP contribution in [0.25, 0.3) is 11.2 Å². The van der Waals surface area contributed by atoms with Crippen molar-refractivity contribution >= 4 is 36.5 Å². The zero-order valence-corrected chi connectivity index (χ0v) is 39.4. The predicted octanol–water partition coefficient (Wildman–Crippen LogP) is 12.6. The van der Waals surface area contributed by atoms with Crippen LogP contribution in [0, 0.1) is 0 Å². The van der Waals surface area contributed by atoms with Gasteiger partial charge in [-0.3, -0.25) is 18.7 Å². The summed E-state index contributed by atoms with van der Waals surface area (Å²) >= 11 is 0. The molecule has 0 radical (unpaired) electrons. The van der Waals surface area contributed by atoms with Gasteiger partial charge >= 0.3 is 19.5 Å². The molecule has 0 aliphatic carbocycles. The van der Waals surface area contributed by atoms with Gasteiger partial charge in [-0.05, 0) is 12.8 Å². The van der Waals surface area contributed by atoms with Crippen molar-refractivity contribution in [2.75, 3.05) is 31.9 Å². The summed E-state index contributed by atoms with van der Waals surface area (Å²) in [4.78, 5) is 48.2. The van der Waals surface area contributed by atoms with E-state index in [0.717, 1.165) is 25.7 Å². The van der Waals surface area contributed by atoms with Crippen LogP contribution in [0.4, 0.5) is 5.82 Å². The molecule has 13 nitrogen and oxygen atoms in total. The average molecular weight is 880 g/mol. The van der Waals surface area contributed by atoms with Crippen molar-refractivity contribution in [1.29, 1.82) is 0 Å². The first kappa shape index (κ1) is 54.5. The number of ether oxygens (including phenoxy) is 3. The van der Waals surface area contributed by atoms with E-state index in [2.05, 4.69) is 28.8 Å². The first-order valence-electron chi connectivity index (χ1n) is 24.6. The lowest BCUT2D eigenvalue weighted by molar-refractivity contribution is -0.151. The number of carbonyl (C=O) groups excluding carboxylic acids is 2. The summed E-state index contributed by atoms with van der Waals surface area (Å²) in [5.41, 5.74) is 6.85. The van der Waals surface area contributed by atoms with E-state index in [1.54, 1.807) is 10.9 Å². The first-order valence-corrected chi connectivity index (χ1v) is 26.3. The molecule has 0 bridgehead atoms. The number of unbranched alkanes of at least 4 members (excludes halogenated alkanes) is 28. The number of fused-ring (bicyclic) bond motifs is 1. The van der Waals surface area contributed by atoms with Gasteiger partial charge in [0.1, 0.15) is 37.5 Å². The molecule has 0 saturated heterocycles. The summed E-state index contributed by atoms with van der Waals surface area (Å²) in [6.45, 7) is 4.26. The molecule has 2 aromatic rings. The minimum absolute atomic E-state index is 0.0659. The Bertz CT molecular complexity index is 1380. The maximum atomic E-state index is 13.1. The van der Waals surface area contributed by atoms with Crippen LogP contribution in [0.3, 0.4) is 0 Å². The number of nitrogens with two attached hydrogens (primary N) is 1. The molecule has 61 heavy (non-hydrogen) atoms. The van der Waals surface area contributed by atoms with E-state index in [4.69, 9.17) is 24.5 Å². The molecule has 1 atom stereocenters. The second-order valence-electron chi connectivity index (χ2n) is 17.0. The SMILES string of the molecule is CCCCCCCCCCCCCCCCCC(=O)OCC(COC(=O)CCCCCCCCCCCCCCCCC)OP(=O)(O)COCCn1cnc2c(N)ncnc21. The third-order valence-corrected chi connectivity index (χ3v) is 12.4. The Morgan fingerprint density at radius 1 is 0.623 bits per heavy atom. The summed E-state index contributed by atoms with van der Waals surface area (Å²) < 4.78 is 36.7. The van der Waals surface area contributed by atoms with Gasteiger partial charge in [0, 0.05) is 19.4 Å². The van der Waals surface area contributed by atoms with Crippen LogP contribution in [0.1, 0.15) is 219 Å². The smallest absolute Gasteiger partial charge is 0.354 e. The Hall–Kier alpha value is -2.60. The molecule has 0 amide bonds. The molecule has 0 aliphatic rings. The highest BCUT2D eigenvalue weighted by Gasteiger charge is 2.28. The van der Waals surface area contributed by atoms with Crippen LogP contribution in [-0.2, 0) is 39.4 Å². The van der Waals surface area contributed by atoms with Crippen LogP contribution >= 0.6 is 7.60 Å². The Morgan fingerprint density at radius 2 is 1.02 bits per heavy atom. The monoisotopic (exact) mass is 880 g/mol. The second-order valence-corrected chi connectivity index (χ2v) is 18.8. The van der Waals surface area contributed by atoms with E-state index >= 15 is 0 Å². The van der Waals surface area contributed by atoms with E-state index in [1.807, 2.05) is 0 Å². The molecule has 0 aliphatic heterocycles. The van der Waals surface area contributed by atoms with Gasteiger partial charge in [-0.1, -0.05) is 194 Å². The van der Waals surface area contributed by atoms with Crippen molar-refractivity contribution in [2.45, 2.75) is 232 Å². The Labute approximate surface area is 369 Å². The number of nitrogen functional groups attached to an aromatic ring is 1. The zero-order chi connectivity index (χ0) is 44.1. The average Bonchev–Trinajstić information content (AvgIpc) is 3.67. The number of imidazole rings is 1. The number of aromatic nitrogens is 4. The number of rotatable bonds is 43. The van der Waals surface area contributed by atoms with Gasteiger partial charge in [0.05, 0.1) is 12.9 Å². The van der Waals surface area contributed by atoms with Gasteiger partial charge in [0.25, 0.3) is 0 Å². The fourth-order valence-electron chi connectivity index (χ4n) is 7.57. The molecule has 1 unspecified atom stereocenters. The Morgan fingerprint density at radius 3 is 1.43 bits per heavy atom. The number of esters is 2. The van der Waals surface area contributed by atoms with Crippen molar-refractivity contribution in [3.8, 4) is 0 Å². The molecule has 2 aromatic heterocycles. The highest BCUT2D eigenvalue weighted by Crippen LogP contribution is 2.43. The van der Waals surface area contributed by atoms with Crippen LogP contribution in [0.2, 0.25) is 0 Å². The Kier molecular flexibility index (Phi) is 32.9. The molecule has 0 spiro atoms. The Balaban J connectivity index is 1.66. The molecule has 0 aromatic carbocycles. The number of hydrogen-bond donors (Lipinski definition) is 2. The summed E-state index contributed by atoms with van der Waals surface area (Å²) in [7, 11) is -4.31. The maximum absolute atomic E-state index is 13.1. The molecule has 14 heteroatoms. The fourth-order valence-corrected chi connectivity index (χ4v) is 8.58. The number of hydrogen-bond acceptors (Lipinski definition) is 11. The fraction of sp³-hybridized carbons (Fsp3) is 0.851. The molecule has 3 N–H and O–H groups in total. The number of nitrogens with zero attached hydrogens (tertiary/aromatic N) is 4. The normalized spacial score (nSPS) is 12.7. The van der Waals surface area contributed by atoms with Gasteiger partial charge in [-0.25, -0.2) is 15.0 Å². The zero-order valence-electron chi connectivity index (χ0n) is 38.5. The lowest BCUT2D eigenvalue weighted by atomic mass is 10.0. The van der Waals surface area contributed by atoms with E-state index < -0.39 is 32.0 Å². The molecule has 2 rings (SSSR count). The van der Waals surface area contributed by atoms with Crippen molar-refractivity contribution in [2.24, 2.45) is 0 Å². The lowest BCUT2D eigenvalue weighted by Crippen LogP contribution is -2.28. The van der Waals surface area contributed by atoms with Gasteiger partial charge < -0.3 is 29.4 Å². The van der Waals surface area contributed by atoms with Crippen LogP contribution in [0.15, 0.2) is 12.7 Å². The quantitative estimate of drug-likeness (QED) is 0.0366. The van der Waals surface area contributed by atoms with E-state index in [-0.39, 0.29) is 38.5 Å². The van der Waals surface area contributed by atoms with Gasteiger partial charge in [-0.15, -0.1) is 0 Å². The third-order valence-electron chi connectivity index (χ3n) is 11.3. The van der Waals surface area contributed by atoms with Gasteiger partial charge in [-0.2, -0.15) is 0 Å². The second kappa shape index (κ2) is 36.8. The minimum Gasteiger partial charge on any atom is -0.463 e. The van der Waals surface area contributed by atoms with Crippen LogP contribution < -0.4 is 5.73 Å². The standard InChI is InChI=1S/C47H86N5O8P/c1-3-5-7-9-11-13-15-17-19-21-23-25-27-29-31-33-43(53)58-37-42(60-61(55,56)41-57-36-35-52-40-51-45-46(48)49-39-50-47(45)52)38-59-44(54)34-32-30-28-26-24-22-20-18-16-14-12-10-8-6-4-2/h39-40,42H,3-38,41H2,1-2H3,(H,55,56)(H2,48,49,50). The van der Waals surface area contributed by atoms with Crippen molar-refractivity contribution in [1.82, 2.24) is 19.5 Å². The van der Waals surface area contributed by atoms with Gasteiger partial charge in [0.2, 0.25) is 0 Å². The molecule has 0 saturated carbocycles. The third kappa shape index (κ3) is 29.4. The van der Waals surface area contributed by atoms with Crippen molar-refractivity contribution in [3.63, 3.8) is 0 Å². The predicted molar refractivity (Wildman–Crippen MR) is 246 cm³/mol. The molecule has 0 fully saturated rings. The number of anilines is 1. The molecular formula is C47H86N5O8P. The van der Waals surface area contributed by atoms with E-state index in [9.17, 15) is 19.0 Å². The minimum atomic E-state index is -4.31. The largest absolute Gasteiger partial charge is 0.463 e. The highest BCUT2D eigenvalue weighted by molar-refractivity contribution is 7.52. The number of carbonyl (C=O) groups is 2. The first-order chi connectivity index (χ1) is 29.8. The molecular weight excluding hydrogens is 794 g/mol. The maximum Gasteiger partial charge on any atom is 0.354 e. The molecule has 352 valence electrons. The van der Waals surface area contributed by atoms with E-state index in [0.29, 0.717) is 30.6 Å². The summed E-state index contributed by atoms with van der Waals surface area (Å²) in [5.74, 6) is -0.558. The van der Waals surface area contributed by atoms with Crippen molar-refractivity contribution in [3.05, 3.63) is 12.7 Å². The summed E-state index contributed by atoms with van der Waals surface area (Å²) in [6.07, 6.45) is 38.8. The summed E-state index contributed by atoms with van der Waals surface area (Å²) in [6, 6.07) is 0.